The number of anilines is 1. The first-order valence-electron chi connectivity index (χ1n) is 3.06. The van der Waals surface area contributed by atoms with Crippen LogP contribution in [0.25, 0.3) is 5.65 Å². The number of fused-ring (bicyclic) bond motifs is 1. The van der Waals surface area contributed by atoms with Crippen LogP contribution in [0.1, 0.15) is 5.69 Å². The molecule has 10 heavy (non-hydrogen) atoms. The number of nitrogen functional groups attached to an aromatic ring is 1. The third-order valence-corrected chi connectivity index (χ3v) is 1.45. The molecule has 52 valence electrons. The first kappa shape index (κ1) is 5.34. The standard InChI is InChI=1S/C6H8N4/c1-4-2-6-8-3-5(7)10(6)9-4/h2-3,9H,7H2,1H3. The van der Waals surface area contributed by atoms with Crippen LogP contribution >= 0.6 is 0 Å². The first-order valence-corrected chi connectivity index (χ1v) is 3.06. The van der Waals surface area contributed by atoms with Gasteiger partial charge in [-0.25, -0.2) is 9.50 Å². The molecule has 4 nitrogen and oxygen atoms in total. The fourth-order valence-corrected chi connectivity index (χ4v) is 1.01. The molecule has 0 aliphatic rings. The molecule has 0 bridgehead atoms. The number of aryl methyl sites for hydroxylation is 1. The fraction of sp³-hybridized carbons (Fsp3) is 0.167. The van der Waals surface area contributed by atoms with Gasteiger partial charge in [0, 0.05) is 11.8 Å². The number of H-pyrrole nitrogens is 1. The number of hydrogen-bond donors (Lipinski definition) is 2. The molecule has 2 heterocycles. The lowest BCUT2D eigenvalue weighted by molar-refractivity contribution is 0.954. The van der Waals surface area contributed by atoms with Crippen molar-refractivity contribution in [2.75, 3.05) is 5.73 Å². The Kier molecular flexibility index (Phi) is 0.818. The van der Waals surface area contributed by atoms with Crippen molar-refractivity contribution in [3.8, 4) is 0 Å². The van der Waals surface area contributed by atoms with E-state index in [2.05, 4.69) is 10.1 Å². The number of aromatic amines is 1. The number of nitrogens with two attached hydrogens (primary N) is 1. The smallest absolute Gasteiger partial charge is 0.155 e. The second-order valence-corrected chi connectivity index (χ2v) is 2.32. The monoisotopic (exact) mass is 136 g/mol. The summed E-state index contributed by atoms with van der Waals surface area (Å²) >= 11 is 0. The summed E-state index contributed by atoms with van der Waals surface area (Å²) in [5.41, 5.74) is 7.49. The van der Waals surface area contributed by atoms with Gasteiger partial charge in [0.25, 0.3) is 0 Å². The Morgan fingerprint density at radius 2 is 2.50 bits per heavy atom. The second-order valence-electron chi connectivity index (χ2n) is 2.32. The van der Waals surface area contributed by atoms with Crippen LogP contribution < -0.4 is 5.73 Å². The van der Waals surface area contributed by atoms with Crippen molar-refractivity contribution in [3.63, 3.8) is 0 Å². The molecular formula is C6H8N4. The van der Waals surface area contributed by atoms with E-state index >= 15 is 0 Å². The Bertz CT molecular complexity index is 357. The van der Waals surface area contributed by atoms with Gasteiger partial charge in [0.05, 0.1) is 6.20 Å². The molecule has 2 aromatic heterocycles. The van der Waals surface area contributed by atoms with Crippen LogP contribution in [0.3, 0.4) is 0 Å². The van der Waals surface area contributed by atoms with Crippen LogP contribution in [0, 0.1) is 6.92 Å². The van der Waals surface area contributed by atoms with Gasteiger partial charge < -0.3 is 5.73 Å². The Hall–Kier alpha value is -1.45. The lowest BCUT2D eigenvalue weighted by Crippen LogP contribution is -1.91. The molecule has 4 heteroatoms. The predicted octanol–water partition coefficient (Wildman–Crippen LogP) is 0.553. The molecule has 0 radical (unpaired) electrons. The molecule has 3 N–H and O–H groups in total. The molecule has 0 aliphatic carbocycles. The summed E-state index contributed by atoms with van der Waals surface area (Å²) in [6.45, 7) is 1.97. The summed E-state index contributed by atoms with van der Waals surface area (Å²) in [7, 11) is 0. The maximum Gasteiger partial charge on any atom is 0.155 e. The lowest BCUT2D eigenvalue weighted by atomic mass is 10.5. The minimum atomic E-state index is 0.642. The van der Waals surface area contributed by atoms with E-state index in [9.17, 15) is 0 Å². The molecule has 2 aromatic rings. The highest BCUT2D eigenvalue weighted by molar-refractivity contribution is 5.47. The van der Waals surface area contributed by atoms with Crippen molar-refractivity contribution >= 4 is 11.5 Å². The van der Waals surface area contributed by atoms with Crippen molar-refractivity contribution in [2.24, 2.45) is 0 Å². The summed E-state index contributed by atoms with van der Waals surface area (Å²) in [6, 6.07) is 1.94. The quantitative estimate of drug-likeness (QED) is 0.555. The van der Waals surface area contributed by atoms with Gasteiger partial charge in [0.2, 0.25) is 0 Å². The summed E-state index contributed by atoms with van der Waals surface area (Å²) in [5, 5.41) is 3.04. The topological polar surface area (TPSA) is 59.1 Å². The van der Waals surface area contributed by atoms with E-state index in [4.69, 9.17) is 5.73 Å². The van der Waals surface area contributed by atoms with E-state index in [0.29, 0.717) is 5.82 Å². The maximum absolute atomic E-state index is 5.56. The number of aromatic nitrogens is 3. The van der Waals surface area contributed by atoms with Crippen molar-refractivity contribution in [3.05, 3.63) is 18.0 Å². The molecular weight excluding hydrogens is 128 g/mol. The summed E-state index contributed by atoms with van der Waals surface area (Å²) < 4.78 is 1.75. The Labute approximate surface area is 57.7 Å². The van der Waals surface area contributed by atoms with Gasteiger partial charge in [-0.3, -0.25) is 5.10 Å². The lowest BCUT2D eigenvalue weighted by Gasteiger charge is -1.86. The molecule has 2 rings (SSSR count). The average molecular weight is 136 g/mol. The van der Waals surface area contributed by atoms with Crippen LogP contribution in [0.5, 0.6) is 0 Å². The third kappa shape index (κ3) is 0.528. The van der Waals surface area contributed by atoms with Crippen molar-refractivity contribution in [2.45, 2.75) is 6.92 Å². The highest BCUT2D eigenvalue weighted by Gasteiger charge is 1.99. The second kappa shape index (κ2) is 1.53. The van der Waals surface area contributed by atoms with E-state index in [1.165, 1.54) is 0 Å². The van der Waals surface area contributed by atoms with E-state index in [0.717, 1.165) is 11.3 Å². The fourth-order valence-electron chi connectivity index (χ4n) is 1.01. The van der Waals surface area contributed by atoms with Gasteiger partial charge in [-0.05, 0) is 6.92 Å². The zero-order valence-corrected chi connectivity index (χ0v) is 5.63. The molecule has 0 aliphatic heterocycles. The van der Waals surface area contributed by atoms with Crippen LogP contribution in [0.2, 0.25) is 0 Å². The van der Waals surface area contributed by atoms with E-state index in [1.807, 2.05) is 13.0 Å². The first-order chi connectivity index (χ1) is 4.77. The Morgan fingerprint density at radius 1 is 1.70 bits per heavy atom. The van der Waals surface area contributed by atoms with Gasteiger partial charge in [0.1, 0.15) is 5.82 Å². The van der Waals surface area contributed by atoms with Crippen molar-refractivity contribution in [1.29, 1.82) is 0 Å². The SMILES string of the molecule is Cc1cc2ncc(N)n2[nH]1. The zero-order chi connectivity index (χ0) is 7.14. The molecule has 0 aromatic carbocycles. The molecule has 0 fully saturated rings. The van der Waals surface area contributed by atoms with Crippen LogP contribution in [0.15, 0.2) is 12.3 Å². The van der Waals surface area contributed by atoms with Crippen LogP contribution in [-0.2, 0) is 0 Å². The third-order valence-electron chi connectivity index (χ3n) is 1.45. The van der Waals surface area contributed by atoms with Gasteiger partial charge in [0.15, 0.2) is 5.65 Å². The van der Waals surface area contributed by atoms with Gasteiger partial charge in [-0.2, -0.15) is 0 Å². The minimum absolute atomic E-state index is 0.642. The number of nitrogens with zero attached hydrogens (tertiary/aromatic N) is 2. The zero-order valence-electron chi connectivity index (χ0n) is 5.63. The van der Waals surface area contributed by atoms with Gasteiger partial charge in [-0.1, -0.05) is 0 Å². The molecule has 0 atom stereocenters. The van der Waals surface area contributed by atoms with Gasteiger partial charge in [-0.15, -0.1) is 0 Å². The molecule has 0 spiro atoms. The minimum Gasteiger partial charge on any atom is -0.382 e. The highest BCUT2D eigenvalue weighted by Crippen LogP contribution is 2.07. The Morgan fingerprint density at radius 3 is 3.20 bits per heavy atom. The van der Waals surface area contributed by atoms with E-state index in [1.54, 1.807) is 10.7 Å². The summed E-state index contributed by atoms with van der Waals surface area (Å²) in [4.78, 5) is 4.05. The Balaban J connectivity index is 2.90. The van der Waals surface area contributed by atoms with Crippen LogP contribution in [0.4, 0.5) is 5.82 Å². The maximum atomic E-state index is 5.56. The van der Waals surface area contributed by atoms with Crippen LogP contribution in [-0.4, -0.2) is 14.6 Å². The van der Waals surface area contributed by atoms with Gasteiger partial charge >= 0.3 is 0 Å². The number of rotatable bonds is 0. The summed E-state index contributed by atoms with van der Waals surface area (Å²) in [5.74, 6) is 0.642. The largest absolute Gasteiger partial charge is 0.382 e. The van der Waals surface area contributed by atoms with E-state index in [-0.39, 0.29) is 0 Å². The number of hydrogen-bond acceptors (Lipinski definition) is 2. The summed E-state index contributed by atoms with van der Waals surface area (Å²) in [6.07, 6.45) is 1.63. The van der Waals surface area contributed by atoms with Crippen molar-refractivity contribution < 1.29 is 0 Å². The average Bonchev–Trinajstić information content (AvgIpc) is 2.35. The molecule has 0 saturated carbocycles. The predicted molar refractivity (Wildman–Crippen MR) is 38.7 cm³/mol. The highest BCUT2D eigenvalue weighted by atomic mass is 15.3. The molecule has 0 unspecified atom stereocenters. The normalized spacial score (nSPS) is 10.9. The van der Waals surface area contributed by atoms with E-state index < -0.39 is 0 Å². The number of nitrogens with one attached hydrogen (secondary N) is 1. The molecule has 0 amide bonds. The number of imidazole rings is 1. The molecule has 0 saturated heterocycles. The van der Waals surface area contributed by atoms with Crippen molar-refractivity contribution in [1.82, 2.24) is 14.6 Å².